The summed E-state index contributed by atoms with van der Waals surface area (Å²) in [7, 11) is -3.11. The summed E-state index contributed by atoms with van der Waals surface area (Å²) in [5.41, 5.74) is 0.929. The molecule has 0 spiro atoms. The largest absolute Gasteiger partial charge is 0.359 e. The van der Waals surface area contributed by atoms with Crippen LogP contribution in [0.25, 0.3) is 0 Å². The van der Waals surface area contributed by atoms with Crippen LogP contribution < -0.4 is 10.6 Å². The Bertz CT molecular complexity index is 706. The van der Waals surface area contributed by atoms with Crippen LogP contribution in [-0.2, 0) is 16.6 Å². The number of aromatic nitrogens is 1. The van der Waals surface area contributed by atoms with Crippen LogP contribution in [0.1, 0.15) is 64.3 Å². The second-order valence-electron chi connectivity index (χ2n) is 7.20. The van der Waals surface area contributed by atoms with Gasteiger partial charge in [-0.15, -0.1) is 0 Å². The molecular formula is C18H33N5O3S. The molecule has 0 amide bonds. The van der Waals surface area contributed by atoms with Crippen molar-refractivity contribution in [1.82, 2.24) is 20.1 Å². The van der Waals surface area contributed by atoms with Crippen LogP contribution in [0, 0.1) is 0 Å². The molecule has 154 valence electrons. The number of guanidine groups is 1. The third-order valence-corrected chi connectivity index (χ3v) is 6.63. The molecule has 0 saturated carbocycles. The van der Waals surface area contributed by atoms with E-state index in [2.05, 4.69) is 34.6 Å². The Kier molecular flexibility index (Phi) is 8.09. The van der Waals surface area contributed by atoms with Gasteiger partial charge in [0.2, 0.25) is 10.0 Å². The summed E-state index contributed by atoms with van der Waals surface area (Å²) < 4.78 is 31.3. The van der Waals surface area contributed by atoms with E-state index in [9.17, 15) is 8.42 Å². The lowest BCUT2D eigenvalue weighted by molar-refractivity contribution is 0.306. The second kappa shape index (κ2) is 10.1. The maximum Gasteiger partial charge on any atom is 0.214 e. The Morgan fingerprint density at radius 3 is 2.63 bits per heavy atom. The van der Waals surface area contributed by atoms with Gasteiger partial charge >= 0.3 is 0 Å². The van der Waals surface area contributed by atoms with Crippen LogP contribution in [0.2, 0.25) is 0 Å². The highest BCUT2D eigenvalue weighted by Crippen LogP contribution is 2.16. The molecule has 2 heterocycles. The van der Waals surface area contributed by atoms with Gasteiger partial charge < -0.3 is 15.2 Å². The first-order chi connectivity index (χ1) is 12.9. The van der Waals surface area contributed by atoms with E-state index in [0.717, 1.165) is 36.8 Å². The van der Waals surface area contributed by atoms with Crippen LogP contribution in [0.3, 0.4) is 0 Å². The zero-order valence-corrected chi connectivity index (χ0v) is 17.7. The van der Waals surface area contributed by atoms with Crippen LogP contribution in [0.4, 0.5) is 0 Å². The summed E-state index contributed by atoms with van der Waals surface area (Å²) in [6.45, 7) is 10.3. The zero-order chi connectivity index (χ0) is 19.9. The summed E-state index contributed by atoms with van der Waals surface area (Å²) in [4.78, 5) is 4.58. The topological polar surface area (TPSA) is 99.8 Å². The molecule has 0 atom stereocenters. The quantitative estimate of drug-likeness (QED) is 0.513. The average molecular weight is 400 g/mol. The molecule has 0 unspecified atom stereocenters. The van der Waals surface area contributed by atoms with Crippen molar-refractivity contribution in [3.05, 3.63) is 17.5 Å². The maximum atomic E-state index is 12.2. The second-order valence-corrected chi connectivity index (χ2v) is 9.29. The molecular weight excluding hydrogens is 366 g/mol. The number of nitrogens with one attached hydrogen (secondary N) is 2. The minimum Gasteiger partial charge on any atom is -0.359 e. The highest BCUT2D eigenvalue weighted by atomic mass is 32.2. The summed E-state index contributed by atoms with van der Waals surface area (Å²) >= 11 is 0. The Hall–Kier alpha value is -1.61. The van der Waals surface area contributed by atoms with Gasteiger partial charge in [0, 0.05) is 31.7 Å². The summed E-state index contributed by atoms with van der Waals surface area (Å²) in [5.74, 6) is 2.00. The lowest BCUT2D eigenvalue weighted by Gasteiger charge is -2.32. The van der Waals surface area contributed by atoms with Gasteiger partial charge in [-0.2, -0.15) is 0 Å². The minimum absolute atomic E-state index is 0.205. The monoisotopic (exact) mass is 399 g/mol. The molecule has 1 aliphatic heterocycles. The number of hydrogen-bond acceptors (Lipinski definition) is 5. The van der Waals surface area contributed by atoms with Gasteiger partial charge in [0.25, 0.3) is 0 Å². The first-order valence-corrected chi connectivity index (χ1v) is 11.4. The molecule has 0 bridgehead atoms. The van der Waals surface area contributed by atoms with Gasteiger partial charge in [-0.25, -0.2) is 17.7 Å². The Balaban J connectivity index is 1.90. The molecule has 1 aliphatic rings. The van der Waals surface area contributed by atoms with Crippen molar-refractivity contribution in [3.8, 4) is 0 Å². The van der Waals surface area contributed by atoms with E-state index < -0.39 is 10.0 Å². The third-order valence-electron chi connectivity index (χ3n) is 4.56. The zero-order valence-electron chi connectivity index (χ0n) is 16.9. The van der Waals surface area contributed by atoms with Gasteiger partial charge in [-0.3, -0.25) is 0 Å². The van der Waals surface area contributed by atoms with Crippen molar-refractivity contribution in [2.75, 3.05) is 25.4 Å². The summed E-state index contributed by atoms with van der Waals surface area (Å²) in [6.07, 6.45) is 2.19. The molecule has 1 fully saturated rings. The SMILES string of the molecule is CCCS(=O)(=O)N1CCC(NC(=NCc2cc(C(C)C)no2)NCC)CC1. The number of hydrogen-bond donors (Lipinski definition) is 2. The predicted octanol–water partition coefficient (Wildman–Crippen LogP) is 2.06. The van der Waals surface area contributed by atoms with Gasteiger partial charge in [0.15, 0.2) is 11.7 Å². The fraction of sp³-hybridized carbons (Fsp3) is 0.778. The average Bonchev–Trinajstić information content (AvgIpc) is 3.10. The third kappa shape index (κ3) is 6.49. The van der Waals surface area contributed by atoms with E-state index >= 15 is 0 Å². The molecule has 0 aliphatic carbocycles. The molecule has 27 heavy (non-hydrogen) atoms. The molecule has 2 N–H and O–H groups in total. The van der Waals surface area contributed by atoms with Crippen LogP contribution in [0.15, 0.2) is 15.6 Å². The maximum absolute atomic E-state index is 12.2. The molecule has 9 heteroatoms. The molecule has 1 aromatic rings. The first-order valence-electron chi connectivity index (χ1n) is 9.83. The summed E-state index contributed by atoms with van der Waals surface area (Å²) in [5, 5.41) is 10.7. The number of sulfonamides is 1. The highest BCUT2D eigenvalue weighted by molar-refractivity contribution is 7.89. The van der Waals surface area contributed by atoms with Crippen molar-refractivity contribution in [2.24, 2.45) is 4.99 Å². The molecule has 1 aromatic heterocycles. The Morgan fingerprint density at radius 1 is 1.37 bits per heavy atom. The Morgan fingerprint density at radius 2 is 2.07 bits per heavy atom. The van der Waals surface area contributed by atoms with E-state index in [-0.39, 0.29) is 11.8 Å². The standard InChI is InChI=1S/C18H33N5O3S/c1-5-11-27(24,25)23-9-7-15(8-10-23)21-18(19-6-2)20-13-16-12-17(14(3)4)22-26-16/h12,14-15H,5-11,13H2,1-4H3,(H2,19,20,21). The van der Waals surface area contributed by atoms with Crippen LogP contribution in [-0.4, -0.2) is 55.3 Å². The smallest absolute Gasteiger partial charge is 0.214 e. The lowest BCUT2D eigenvalue weighted by atomic mass is 10.1. The fourth-order valence-corrected chi connectivity index (χ4v) is 4.55. The molecule has 8 nitrogen and oxygen atoms in total. The van der Waals surface area contributed by atoms with Gasteiger partial charge in [-0.05, 0) is 32.1 Å². The Labute approximate surface area is 162 Å². The van der Waals surface area contributed by atoms with Crippen molar-refractivity contribution < 1.29 is 12.9 Å². The van der Waals surface area contributed by atoms with Gasteiger partial charge in [0.05, 0.1) is 11.4 Å². The van der Waals surface area contributed by atoms with Crippen molar-refractivity contribution in [3.63, 3.8) is 0 Å². The summed E-state index contributed by atoms with van der Waals surface area (Å²) in [6, 6.07) is 2.14. The lowest BCUT2D eigenvalue weighted by Crippen LogP contribution is -2.50. The fourth-order valence-electron chi connectivity index (χ4n) is 3.01. The molecule has 0 radical (unpaired) electrons. The predicted molar refractivity (Wildman–Crippen MR) is 107 cm³/mol. The first kappa shape index (κ1) is 21.7. The van der Waals surface area contributed by atoms with Crippen molar-refractivity contribution in [2.45, 2.75) is 65.5 Å². The number of aliphatic imine (C=N–C) groups is 1. The van der Waals surface area contributed by atoms with E-state index in [0.29, 0.717) is 32.0 Å². The van der Waals surface area contributed by atoms with E-state index in [1.807, 2.05) is 19.9 Å². The van der Waals surface area contributed by atoms with Crippen LogP contribution >= 0.6 is 0 Å². The van der Waals surface area contributed by atoms with Crippen molar-refractivity contribution in [1.29, 1.82) is 0 Å². The van der Waals surface area contributed by atoms with E-state index in [1.165, 1.54) is 0 Å². The van der Waals surface area contributed by atoms with Crippen molar-refractivity contribution >= 4 is 16.0 Å². The van der Waals surface area contributed by atoms with Gasteiger partial charge in [0.1, 0.15) is 6.54 Å². The number of rotatable bonds is 8. The van der Waals surface area contributed by atoms with Gasteiger partial charge in [-0.1, -0.05) is 25.9 Å². The number of nitrogens with zero attached hydrogens (tertiary/aromatic N) is 3. The number of piperidine rings is 1. The molecule has 1 saturated heterocycles. The molecule has 0 aromatic carbocycles. The normalized spacial score (nSPS) is 17.4. The van der Waals surface area contributed by atoms with E-state index in [1.54, 1.807) is 4.31 Å². The molecule has 2 rings (SSSR count). The highest BCUT2D eigenvalue weighted by Gasteiger charge is 2.27. The minimum atomic E-state index is -3.11. The van der Waals surface area contributed by atoms with Crippen LogP contribution in [0.5, 0.6) is 0 Å². The van der Waals surface area contributed by atoms with E-state index in [4.69, 9.17) is 4.52 Å².